The third-order valence-electron chi connectivity index (χ3n) is 3.51. The van der Waals surface area contributed by atoms with E-state index in [-0.39, 0.29) is 0 Å². The molecule has 96 valence electrons. The minimum atomic E-state index is 0.333. The van der Waals surface area contributed by atoms with Crippen LogP contribution in [0.3, 0.4) is 0 Å². The molecule has 4 nitrogen and oxygen atoms in total. The maximum Gasteiger partial charge on any atom is 0.0935 e. The van der Waals surface area contributed by atoms with Crippen molar-refractivity contribution >= 4 is 0 Å². The number of furan rings is 1. The van der Waals surface area contributed by atoms with Gasteiger partial charge in [-0.15, -0.1) is 0 Å². The highest BCUT2D eigenvalue weighted by molar-refractivity contribution is 5.07. The molecule has 1 fully saturated rings. The van der Waals surface area contributed by atoms with E-state index < -0.39 is 0 Å². The van der Waals surface area contributed by atoms with Crippen molar-refractivity contribution in [3.63, 3.8) is 0 Å². The van der Waals surface area contributed by atoms with Gasteiger partial charge < -0.3 is 9.15 Å². The number of nitrogens with one attached hydrogen (secondary N) is 1. The van der Waals surface area contributed by atoms with Crippen LogP contribution < -0.4 is 11.3 Å². The lowest BCUT2D eigenvalue weighted by Gasteiger charge is -2.36. The van der Waals surface area contributed by atoms with Gasteiger partial charge in [0.15, 0.2) is 0 Å². The normalized spacial score (nSPS) is 25.5. The molecule has 1 aliphatic rings. The third-order valence-corrected chi connectivity index (χ3v) is 3.51. The lowest BCUT2D eigenvalue weighted by atomic mass is 9.77. The van der Waals surface area contributed by atoms with Crippen LogP contribution in [0.1, 0.15) is 31.7 Å². The van der Waals surface area contributed by atoms with E-state index in [1.807, 2.05) is 6.07 Å². The van der Waals surface area contributed by atoms with E-state index in [0.717, 1.165) is 25.4 Å². The molecule has 1 heterocycles. The zero-order valence-corrected chi connectivity index (χ0v) is 10.4. The monoisotopic (exact) mass is 238 g/mol. The zero-order valence-electron chi connectivity index (χ0n) is 10.4. The van der Waals surface area contributed by atoms with Crippen molar-refractivity contribution < 1.29 is 9.15 Å². The van der Waals surface area contributed by atoms with E-state index in [0.29, 0.717) is 12.1 Å². The van der Waals surface area contributed by atoms with Gasteiger partial charge in [0.05, 0.1) is 18.6 Å². The Kier molecular flexibility index (Phi) is 4.59. The summed E-state index contributed by atoms with van der Waals surface area (Å²) in [4.78, 5) is 0. The van der Waals surface area contributed by atoms with Gasteiger partial charge in [-0.3, -0.25) is 11.3 Å². The van der Waals surface area contributed by atoms with Crippen LogP contribution >= 0.6 is 0 Å². The Hall–Kier alpha value is -0.840. The molecule has 1 aromatic rings. The second-order valence-corrected chi connectivity index (χ2v) is 4.85. The van der Waals surface area contributed by atoms with E-state index in [1.54, 1.807) is 12.5 Å². The van der Waals surface area contributed by atoms with E-state index in [2.05, 4.69) is 12.3 Å². The lowest BCUT2D eigenvalue weighted by Crippen LogP contribution is -2.42. The minimum Gasteiger partial charge on any atom is -0.472 e. The number of hydrogen-bond donors (Lipinski definition) is 2. The molecule has 1 atom stereocenters. The van der Waals surface area contributed by atoms with Crippen molar-refractivity contribution in [3.05, 3.63) is 24.2 Å². The van der Waals surface area contributed by atoms with Crippen LogP contribution in [-0.2, 0) is 11.2 Å². The number of hydrogen-bond acceptors (Lipinski definition) is 4. The Morgan fingerprint density at radius 1 is 1.59 bits per heavy atom. The molecular weight excluding hydrogens is 216 g/mol. The smallest absolute Gasteiger partial charge is 0.0935 e. The quantitative estimate of drug-likeness (QED) is 0.562. The first kappa shape index (κ1) is 12.6. The van der Waals surface area contributed by atoms with Crippen molar-refractivity contribution in [1.29, 1.82) is 0 Å². The molecule has 0 spiro atoms. The summed E-state index contributed by atoms with van der Waals surface area (Å²) in [6, 6.07) is 2.33. The number of hydrazine groups is 1. The summed E-state index contributed by atoms with van der Waals surface area (Å²) in [7, 11) is 0. The van der Waals surface area contributed by atoms with Gasteiger partial charge in [0.25, 0.3) is 0 Å². The van der Waals surface area contributed by atoms with Gasteiger partial charge in [-0.1, -0.05) is 0 Å². The molecule has 0 aliphatic heterocycles. The van der Waals surface area contributed by atoms with Gasteiger partial charge in [0, 0.05) is 12.6 Å². The summed E-state index contributed by atoms with van der Waals surface area (Å²) in [5.74, 6) is 6.35. The van der Waals surface area contributed by atoms with Gasteiger partial charge in [-0.2, -0.15) is 0 Å². The van der Waals surface area contributed by atoms with Gasteiger partial charge in [-0.05, 0) is 50.2 Å². The number of ether oxygens (including phenoxy) is 1. The molecule has 0 bridgehead atoms. The van der Waals surface area contributed by atoms with Crippen LogP contribution in [0.25, 0.3) is 0 Å². The lowest BCUT2D eigenvalue weighted by molar-refractivity contribution is -0.0290. The van der Waals surface area contributed by atoms with Crippen LogP contribution in [0.4, 0.5) is 0 Å². The summed E-state index contributed by atoms with van der Waals surface area (Å²) < 4.78 is 10.6. The predicted molar refractivity (Wildman–Crippen MR) is 66.3 cm³/mol. The molecule has 1 unspecified atom stereocenters. The van der Waals surface area contributed by atoms with Gasteiger partial charge >= 0.3 is 0 Å². The average molecular weight is 238 g/mol. The maximum atomic E-state index is 5.60. The average Bonchev–Trinajstić information content (AvgIpc) is 2.77. The number of rotatable bonds is 7. The van der Waals surface area contributed by atoms with E-state index in [4.69, 9.17) is 15.0 Å². The Morgan fingerprint density at radius 3 is 3.00 bits per heavy atom. The molecule has 4 heteroatoms. The fourth-order valence-corrected chi connectivity index (χ4v) is 2.54. The van der Waals surface area contributed by atoms with Crippen molar-refractivity contribution in [1.82, 2.24) is 5.43 Å². The van der Waals surface area contributed by atoms with Crippen LogP contribution in [0, 0.1) is 5.92 Å². The first-order valence-electron chi connectivity index (χ1n) is 6.40. The molecule has 1 aromatic heterocycles. The molecule has 1 saturated carbocycles. The second-order valence-electron chi connectivity index (χ2n) is 4.85. The van der Waals surface area contributed by atoms with E-state index in [9.17, 15) is 0 Å². The van der Waals surface area contributed by atoms with Crippen molar-refractivity contribution in [3.8, 4) is 0 Å². The Balaban J connectivity index is 1.70. The van der Waals surface area contributed by atoms with Gasteiger partial charge in [0.2, 0.25) is 0 Å². The highest BCUT2D eigenvalue weighted by Crippen LogP contribution is 2.33. The van der Waals surface area contributed by atoms with Crippen molar-refractivity contribution in [2.24, 2.45) is 11.8 Å². The van der Waals surface area contributed by atoms with E-state index in [1.165, 1.54) is 18.4 Å². The summed E-state index contributed by atoms with van der Waals surface area (Å²) >= 11 is 0. The predicted octanol–water partition coefficient (Wildman–Crippen LogP) is 1.86. The SMILES string of the molecule is CCOC1CC(CC(Cc2ccoc2)NN)C1. The summed E-state index contributed by atoms with van der Waals surface area (Å²) in [6.07, 6.45) is 8.38. The molecular formula is C13H22N2O2. The fourth-order valence-electron chi connectivity index (χ4n) is 2.54. The highest BCUT2D eigenvalue weighted by Gasteiger charge is 2.31. The number of nitrogens with two attached hydrogens (primary N) is 1. The van der Waals surface area contributed by atoms with Crippen LogP contribution in [0.5, 0.6) is 0 Å². The summed E-state index contributed by atoms with van der Waals surface area (Å²) in [5, 5.41) is 0. The first-order chi connectivity index (χ1) is 8.31. The molecule has 0 saturated heterocycles. The van der Waals surface area contributed by atoms with Crippen LogP contribution in [-0.4, -0.2) is 18.8 Å². The van der Waals surface area contributed by atoms with Crippen molar-refractivity contribution in [2.45, 2.75) is 44.8 Å². The fraction of sp³-hybridized carbons (Fsp3) is 0.692. The molecule has 2 rings (SSSR count). The van der Waals surface area contributed by atoms with E-state index >= 15 is 0 Å². The van der Waals surface area contributed by atoms with Crippen LogP contribution in [0.15, 0.2) is 23.0 Å². The zero-order chi connectivity index (χ0) is 12.1. The Labute approximate surface area is 102 Å². The van der Waals surface area contributed by atoms with Gasteiger partial charge in [-0.25, -0.2) is 0 Å². The minimum absolute atomic E-state index is 0.333. The summed E-state index contributed by atoms with van der Waals surface area (Å²) in [5.41, 5.74) is 4.11. The maximum absolute atomic E-state index is 5.60. The molecule has 3 N–H and O–H groups in total. The van der Waals surface area contributed by atoms with Crippen LogP contribution in [0.2, 0.25) is 0 Å². The Bertz CT molecular complexity index is 307. The summed E-state index contributed by atoms with van der Waals surface area (Å²) in [6.45, 7) is 2.88. The molecule has 0 radical (unpaired) electrons. The topological polar surface area (TPSA) is 60.4 Å². The first-order valence-corrected chi connectivity index (χ1v) is 6.40. The second kappa shape index (κ2) is 6.19. The van der Waals surface area contributed by atoms with Gasteiger partial charge in [0.1, 0.15) is 0 Å². The van der Waals surface area contributed by atoms with Crippen molar-refractivity contribution in [2.75, 3.05) is 6.61 Å². The molecule has 0 aromatic carbocycles. The molecule has 17 heavy (non-hydrogen) atoms. The molecule has 0 amide bonds. The third kappa shape index (κ3) is 3.56. The Morgan fingerprint density at radius 2 is 2.41 bits per heavy atom. The standard InChI is InChI=1S/C13H22N2O2/c1-2-17-13-7-11(8-13)6-12(15-14)5-10-3-4-16-9-10/h3-4,9,11-13,15H,2,5-8,14H2,1H3. The highest BCUT2D eigenvalue weighted by atomic mass is 16.5. The molecule has 1 aliphatic carbocycles. The largest absolute Gasteiger partial charge is 0.472 e.